The van der Waals surface area contributed by atoms with Crippen LogP contribution in [-0.4, -0.2) is 27.7 Å². The van der Waals surface area contributed by atoms with Crippen molar-refractivity contribution in [3.63, 3.8) is 0 Å². The summed E-state index contributed by atoms with van der Waals surface area (Å²) in [6.07, 6.45) is 2.29. The van der Waals surface area contributed by atoms with Crippen molar-refractivity contribution in [3.05, 3.63) is 76.5 Å². The van der Waals surface area contributed by atoms with Crippen LogP contribution < -0.4 is 10.1 Å². The molecule has 2 heterocycles. The van der Waals surface area contributed by atoms with Crippen molar-refractivity contribution in [1.29, 1.82) is 0 Å². The molecule has 0 radical (unpaired) electrons. The first kappa shape index (κ1) is 19.9. The Labute approximate surface area is 185 Å². The molecule has 2 aromatic carbocycles. The van der Waals surface area contributed by atoms with Gasteiger partial charge in [0.2, 0.25) is 11.1 Å². The number of fused-ring (bicyclic) bond motifs is 1. The summed E-state index contributed by atoms with van der Waals surface area (Å²) >= 11 is 1.61. The molecular formula is C24H24N4O2S. The van der Waals surface area contributed by atoms with Crippen LogP contribution in [0.25, 0.3) is 0 Å². The van der Waals surface area contributed by atoms with E-state index in [0.717, 1.165) is 41.2 Å². The maximum Gasteiger partial charge on any atom is 0.227 e. The molecule has 6 nitrogen and oxygen atoms in total. The lowest BCUT2D eigenvalue weighted by Gasteiger charge is -2.32. The molecule has 1 aromatic heterocycles. The number of nitrogens with one attached hydrogen (secondary N) is 1. The van der Waals surface area contributed by atoms with Gasteiger partial charge < -0.3 is 10.1 Å². The van der Waals surface area contributed by atoms with Gasteiger partial charge in [-0.15, -0.1) is 5.10 Å². The van der Waals surface area contributed by atoms with Crippen LogP contribution in [0.15, 0.2) is 65.0 Å². The van der Waals surface area contributed by atoms with Crippen LogP contribution in [0.4, 0.5) is 5.95 Å². The minimum absolute atomic E-state index is 0.185. The lowest BCUT2D eigenvalue weighted by molar-refractivity contribution is -0.116. The smallest absolute Gasteiger partial charge is 0.227 e. The van der Waals surface area contributed by atoms with Crippen molar-refractivity contribution in [1.82, 2.24) is 14.8 Å². The molecule has 0 unspecified atom stereocenters. The van der Waals surface area contributed by atoms with E-state index in [-0.39, 0.29) is 11.8 Å². The van der Waals surface area contributed by atoms with E-state index < -0.39 is 0 Å². The van der Waals surface area contributed by atoms with Gasteiger partial charge in [0.25, 0.3) is 0 Å². The quantitative estimate of drug-likeness (QED) is 0.578. The second kappa shape index (κ2) is 8.23. The van der Waals surface area contributed by atoms with Crippen molar-refractivity contribution in [3.8, 4) is 5.75 Å². The van der Waals surface area contributed by atoms with Crippen LogP contribution in [0.2, 0.25) is 0 Å². The molecule has 0 fully saturated rings. The zero-order valence-corrected chi connectivity index (χ0v) is 18.4. The molecule has 158 valence electrons. The van der Waals surface area contributed by atoms with Gasteiger partial charge in [-0.3, -0.25) is 4.79 Å². The zero-order chi connectivity index (χ0) is 21.4. The summed E-state index contributed by atoms with van der Waals surface area (Å²) in [5.41, 5.74) is 5.28. The second-order valence-corrected chi connectivity index (χ2v) is 8.85. The number of methoxy groups -OCH3 is 1. The minimum atomic E-state index is -0.272. The topological polar surface area (TPSA) is 69.0 Å². The summed E-state index contributed by atoms with van der Waals surface area (Å²) in [5, 5.41) is 8.90. The summed E-state index contributed by atoms with van der Waals surface area (Å²) in [6.45, 7) is 2.10. The molecule has 0 amide bonds. The molecule has 7 heteroatoms. The van der Waals surface area contributed by atoms with Crippen LogP contribution in [0.3, 0.4) is 0 Å². The number of anilines is 1. The third-order valence-corrected chi connectivity index (χ3v) is 6.64. The Balaban J connectivity index is 1.50. The van der Waals surface area contributed by atoms with E-state index in [1.165, 1.54) is 11.1 Å². The molecule has 5 rings (SSSR count). The minimum Gasteiger partial charge on any atom is -0.497 e. The lowest BCUT2D eigenvalue weighted by atomic mass is 9.85. The molecule has 31 heavy (non-hydrogen) atoms. The number of aromatic nitrogens is 3. The molecule has 1 N–H and O–H groups in total. The van der Waals surface area contributed by atoms with E-state index in [9.17, 15) is 4.79 Å². The maximum absolute atomic E-state index is 12.9. The number of carbonyl (C=O) groups excluding carboxylic acids is 1. The molecule has 2 aliphatic rings. The van der Waals surface area contributed by atoms with Crippen LogP contribution in [-0.2, 0) is 10.5 Å². The summed E-state index contributed by atoms with van der Waals surface area (Å²) in [5.74, 6) is 2.46. The van der Waals surface area contributed by atoms with Crippen molar-refractivity contribution in [2.24, 2.45) is 0 Å². The van der Waals surface area contributed by atoms with Crippen molar-refractivity contribution in [2.75, 3.05) is 12.4 Å². The van der Waals surface area contributed by atoms with Crippen LogP contribution in [0.5, 0.6) is 5.75 Å². The first-order valence-electron chi connectivity index (χ1n) is 10.4. The van der Waals surface area contributed by atoms with Gasteiger partial charge >= 0.3 is 0 Å². The first-order chi connectivity index (χ1) is 15.1. The van der Waals surface area contributed by atoms with Gasteiger partial charge in [0, 0.05) is 23.4 Å². The predicted octanol–water partition coefficient (Wildman–Crippen LogP) is 4.91. The fraction of sp³-hybridized carbons (Fsp3) is 0.292. The van der Waals surface area contributed by atoms with E-state index in [1.807, 2.05) is 28.9 Å². The number of benzene rings is 2. The molecule has 0 saturated carbocycles. The molecule has 1 aliphatic heterocycles. The summed E-state index contributed by atoms with van der Waals surface area (Å²) < 4.78 is 7.17. The second-order valence-electron chi connectivity index (χ2n) is 7.91. The van der Waals surface area contributed by atoms with Crippen molar-refractivity contribution in [2.45, 2.75) is 43.1 Å². The fourth-order valence-corrected chi connectivity index (χ4v) is 5.01. The molecule has 1 atom stereocenters. The van der Waals surface area contributed by atoms with Crippen molar-refractivity contribution < 1.29 is 9.53 Å². The van der Waals surface area contributed by atoms with Gasteiger partial charge in [0.15, 0.2) is 5.78 Å². The van der Waals surface area contributed by atoms with Gasteiger partial charge in [-0.05, 0) is 43.0 Å². The standard InChI is InChI=1S/C24H24N4O2S/c1-15-5-3-6-16(13-15)14-31-24-26-23-25-19-7-4-8-20(29)21(19)22(28(23)27-24)17-9-11-18(30-2)12-10-17/h3,5-6,9-13,22H,4,7-8,14H2,1-2H3,(H,25,26,27)/t22-/m1/s1. The van der Waals surface area contributed by atoms with E-state index in [2.05, 4.69) is 36.5 Å². The third-order valence-electron chi connectivity index (χ3n) is 5.73. The number of allylic oxidation sites excluding steroid dienone is 2. The Hall–Kier alpha value is -3.06. The number of aryl methyl sites for hydroxylation is 1. The SMILES string of the molecule is COc1ccc([C@@H]2C3=C(CCCC3=O)Nc3nc(SCc4cccc(C)c4)nn32)cc1. The average Bonchev–Trinajstić information content (AvgIpc) is 3.19. The molecular weight excluding hydrogens is 408 g/mol. The van der Waals surface area contributed by atoms with Gasteiger partial charge in [-0.25, -0.2) is 4.68 Å². The molecule has 0 spiro atoms. The number of hydrogen-bond acceptors (Lipinski definition) is 6. The van der Waals surface area contributed by atoms with E-state index in [1.54, 1.807) is 18.9 Å². The highest BCUT2D eigenvalue weighted by Gasteiger charge is 2.36. The Morgan fingerprint density at radius 2 is 2.03 bits per heavy atom. The largest absolute Gasteiger partial charge is 0.497 e. The highest BCUT2D eigenvalue weighted by molar-refractivity contribution is 7.98. The summed E-state index contributed by atoms with van der Waals surface area (Å²) in [7, 11) is 1.65. The molecule has 0 bridgehead atoms. The van der Waals surface area contributed by atoms with Gasteiger partial charge in [0.1, 0.15) is 11.8 Å². The monoisotopic (exact) mass is 432 g/mol. The number of hydrogen-bond donors (Lipinski definition) is 1. The normalized spacial score (nSPS) is 17.7. The zero-order valence-electron chi connectivity index (χ0n) is 17.6. The number of ketones is 1. The number of nitrogens with zero attached hydrogens (tertiary/aromatic N) is 3. The Morgan fingerprint density at radius 3 is 2.81 bits per heavy atom. The third kappa shape index (κ3) is 3.85. The molecule has 3 aromatic rings. The van der Waals surface area contributed by atoms with Gasteiger partial charge in [-0.2, -0.15) is 4.98 Å². The van der Waals surface area contributed by atoms with Gasteiger partial charge in [0.05, 0.1) is 7.11 Å². The van der Waals surface area contributed by atoms with Crippen LogP contribution in [0.1, 0.15) is 42.0 Å². The number of ether oxygens (including phenoxy) is 1. The van der Waals surface area contributed by atoms with Crippen molar-refractivity contribution >= 4 is 23.5 Å². The van der Waals surface area contributed by atoms with Gasteiger partial charge in [-0.1, -0.05) is 53.7 Å². The van der Waals surface area contributed by atoms with E-state index in [4.69, 9.17) is 14.8 Å². The predicted molar refractivity (Wildman–Crippen MR) is 121 cm³/mol. The Bertz CT molecular complexity index is 1170. The van der Waals surface area contributed by atoms with Crippen LogP contribution in [0, 0.1) is 6.92 Å². The average molecular weight is 433 g/mol. The Morgan fingerprint density at radius 1 is 1.19 bits per heavy atom. The highest BCUT2D eigenvalue weighted by atomic mass is 32.2. The number of Topliss-reactive ketones (excluding diaryl/α,β-unsaturated/α-hetero) is 1. The number of rotatable bonds is 5. The van der Waals surface area contributed by atoms with Crippen LogP contribution >= 0.6 is 11.8 Å². The summed E-state index contributed by atoms with van der Waals surface area (Å²) in [4.78, 5) is 17.7. The number of carbonyl (C=O) groups is 1. The highest BCUT2D eigenvalue weighted by Crippen LogP contribution is 2.41. The van der Waals surface area contributed by atoms with E-state index >= 15 is 0 Å². The maximum atomic E-state index is 12.9. The lowest BCUT2D eigenvalue weighted by Crippen LogP contribution is -2.31. The van der Waals surface area contributed by atoms with E-state index in [0.29, 0.717) is 17.5 Å². The first-order valence-corrected chi connectivity index (χ1v) is 11.4. The molecule has 0 saturated heterocycles. The number of thioether (sulfide) groups is 1. The Kier molecular flexibility index (Phi) is 5.28. The fourth-order valence-electron chi connectivity index (χ4n) is 4.24. The molecule has 1 aliphatic carbocycles. The summed E-state index contributed by atoms with van der Waals surface area (Å²) in [6, 6.07) is 16.1.